The van der Waals surface area contributed by atoms with Crippen molar-refractivity contribution in [2.75, 3.05) is 33.2 Å². The van der Waals surface area contributed by atoms with Crippen LogP contribution in [0.3, 0.4) is 0 Å². The molecular formula is C28H44Cl2N2O3. The first kappa shape index (κ1) is 33.4. The third-order valence-corrected chi connectivity index (χ3v) is 6.86. The Morgan fingerprint density at radius 1 is 1.00 bits per heavy atom. The Hall–Kier alpha value is -1.63. The standard InChI is InChI=1S/C21H36N2O.C7H6O2.2ClH/c1-6-13-23(14-7-2)17-20(4)16-22(5)18(3)15-21(20,24)19-11-9-8-10-12-19;8-7(9)6-4-2-1-3-5-6;;/h8-12,18,24H,6-7,13-17H2,1-5H3;1-5H,(H,8,9);2*1H. The predicted molar refractivity (Wildman–Crippen MR) is 150 cm³/mol. The zero-order chi connectivity index (χ0) is 24.5. The largest absolute Gasteiger partial charge is 0.478 e. The molecule has 7 heteroatoms. The van der Waals surface area contributed by atoms with Crippen LogP contribution in [0.15, 0.2) is 60.7 Å². The van der Waals surface area contributed by atoms with E-state index in [1.54, 1.807) is 30.3 Å². The van der Waals surface area contributed by atoms with Gasteiger partial charge in [0.15, 0.2) is 0 Å². The number of carboxylic acids is 1. The van der Waals surface area contributed by atoms with E-state index in [0.717, 1.165) is 51.0 Å². The smallest absolute Gasteiger partial charge is 0.335 e. The topological polar surface area (TPSA) is 64.0 Å². The quantitative estimate of drug-likeness (QED) is 0.444. The molecule has 0 bridgehead atoms. The van der Waals surface area contributed by atoms with Crippen LogP contribution in [0.1, 0.15) is 62.9 Å². The van der Waals surface area contributed by atoms with Crippen LogP contribution in [-0.4, -0.2) is 65.3 Å². The summed E-state index contributed by atoms with van der Waals surface area (Å²) in [6.45, 7) is 13.1. The Kier molecular flexibility index (Phi) is 14.8. The average Bonchev–Trinajstić information content (AvgIpc) is 2.80. The van der Waals surface area contributed by atoms with Crippen LogP contribution in [0.4, 0.5) is 0 Å². The van der Waals surface area contributed by atoms with Gasteiger partial charge in [0.05, 0.1) is 11.2 Å². The van der Waals surface area contributed by atoms with Crippen molar-refractivity contribution in [3.05, 3.63) is 71.8 Å². The molecule has 1 aliphatic heterocycles. The van der Waals surface area contributed by atoms with E-state index in [1.807, 2.05) is 18.2 Å². The lowest BCUT2D eigenvalue weighted by atomic mass is 9.63. The number of hydrogen-bond donors (Lipinski definition) is 2. The van der Waals surface area contributed by atoms with Crippen LogP contribution in [-0.2, 0) is 5.60 Å². The number of rotatable bonds is 8. The van der Waals surface area contributed by atoms with Crippen LogP contribution in [0.5, 0.6) is 0 Å². The van der Waals surface area contributed by atoms with Crippen molar-refractivity contribution in [1.29, 1.82) is 0 Å². The summed E-state index contributed by atoms with van der Waals surface area (Å²) in [5, 5.41) is 20.3. The van der Waals surface area contributed by atoms with Crippen LogP contribution in [0, 0.1) is 5.41 Å². The van der Waals surface area contributed by atoms with Crippen molar-refractivity contribution >= 4 is 30.8 Å². The Morgan fingerprint density at radius 2 is 1.49 bits per heavy atom. The molecule has 2 aromatic rings. The molecule has 198 valence electrons. The molecule has 0 spiro atoms. The monoisotopic (exact) mass is 526 g/mol. The average molecular weight is 528 g/mol. The van der Waals surface area contributed by atoms with Gasteiger partial charge in [-0.05, 0) is 64.0 Å². The van der Waals surface area contributed by atoms with Crippen molar-refractivity contribution < 1.29 is 15.0 Å². The molecular weight excluding hydrogens is 483 g/mol. The highest BCUT2D eigenvalue weighted by Gasteiger charge is 2.53. The molecule has 2 N–H and O–H groups in total. The van der Waals surface area contributed by atoms with Crippen LogP contribution in [0.2, 0.25) is 0 Å². The van der Waals surface area contributed by atoms with Gasteiger partial charge in [0.25, 0.3) is 0 Å². The number of carbonyl (C=O) groups is 1. The molecule has 0 radical (unpaired) electrons. The Bertz CT molecular complexity index is 850. The molecule has 1 saturated heterocycles. The lowest BCUT2D eigenvalue weighted by molar-refractivity contribution is -0.154. The summed E-state index contributed by atoms with van der Waals surface area (Å²) in [7, 11) is 2.19. The second kappa shape index (κ2) is 15.5. The van der Waals surface area contributed by atoms with E-state index < -0.39 is 11.6 Å². The van der Waals surface area contributed by atoms with E-state index >= 15 is 0 Å². The number of aliphatic hydroxyl groups is 1. The molecule has 3 atom stereocenters. The predicted octanol–water partition coefficient (Wildman–Crippen LogP) is 5.95. The van der Waals surface area contributed by atoms with E-state index in [9.17, 15) is 9.90 Å². The van der Waals surface area contributed by atoms with Crippen LogP contribution < -0.4 is 0 Å². The Balaban J connectivity index is 0.000000890. The lowest BCUT2D eigenvalue weighted by Crippen LogP contribution is -2.62. The Morgan fingerprint density at radius 3 is 1.91 bits per heavy atom. The first-order chi connectivity index (χ1) is 15.7. The molecule has 35 heavy (non-hydrogen) atoms. The number of likely N-dealkylation sites (tertiary alicyclic amines) is 1. The van der Waals surface area contributed by atoms with Crippen molar-refractivity contribution in [1.82, 2.24) is 9.80 Å². The molecule has 5 nitrogen and oxygen atoms in total. The van der Waals surface area contributed by atoms with Gasteiger partial charge >= 0.3 is 5.97 Å². The maximum atomic E-state index is 11.9. The molecule has 1 aliphatic rings. The molecule has 0 aromatic heterocycles. The minimum atomic E-state index is -0.879. The fraction of sp³-hybridized carbons (Fsp3) is 0.536. The minimum absolute atomic E-state index is 0. The fourth-order valence-electron chi connectivity index (χ4n) is 5.00. The van der Waals surface area contributed by atoms with Gasteiger partial charge in [-0.15, -0.1) is 24.8 Å². The molecule has 0 saturated carbocycles. The van der Waals surface area contributed by atoms with Gasteiger partial charge in [-0.1, -0.05) is 69.3 Å². The van der Waals surface area contributed by atoms with Crippen molar-refractivity contribution in [2.45, 2.75) is 58.6 Å². The molecule has 2 aromatic carbocycles. The van der Waals surface area contributed by atoms with Crippen LogP contribution in [0.25, 0.3) is 0 Å². The summed E-state index contributed by atoms with van der Waals surface area (Å²) < 4.78 is 0. The zero-order valence-electron chi connectivity index (χ0n) is 21.8. The molecule has 3 unspecified atom stereocenters. The van der Waals surface area contributed by atoms with Crippen LogP contribution >= 0.6 is 24.8 Å². The van der Waals surface area contributed by atoms with E-state index in [4.69, 9.17) is 5.11 Å². The molecule has 0 aliphatic carbocycles. The first-order valence-corrected chi connectivity index (χ1v) is 12.2. The van der Waals surface area contributed by atoms with Gasteiger partial charge in [-0.25, -0.2) is 4.79 Å². The van der Waals surface area contributed by atoms with Gasteiger partial charge in [-0.3, -0.25) is 0 Å². The SMILES string of the molecule is CCCN(CCC)CC1(C)CN(C)C(C)CC1(O)c1ccccc1.Cl.Cl.O=C(O)c1ccccc1. The number of aromatic carboxylic acids is 1. The molecule has 3 rings (SSSR count). The molecule has 1 heterocycles. The highest BCUT2D eigenvalue weighted by molar-refractivity contribution is 5.87. The highest BCUT2D eigenvalue weighted by atomic mass is 35.5. The first-order valence-electron chi connectivity index (χ1n) is 12.2. The number of nitrogens with zero attached hydrogens (tertiary/aromatic N) is 2. The lowest BCUT2D eigenvalue weighted by Gasteiger charge is -2.55. The molecule has 1 fully saturated rings. The number of piperidine rings is 1. The summed E-state index contributed by atoms with van der Waals surface area (Å²) >= 11 is 0. The van der Waals surface area contributed by atoms with E-state index in [1.165, 1.54) is 0 Å². The van der Waals surface area contributed by atoms with Gasteiger partial charge in [0, 0.05) is 24.5 Å². The van der Waals surface area contributed by atoms with Gasteiger partial charge in [0.2, 0.25) is 0 Å². The van der Waals surface area contributed by atoms with Gasteiger partial charge < -0.3 is 20.0 Å². The summed E-state index contributed by atoms with van der Waals surface area (Å²) in [5.74, 6) is -0.879. The van der Waals surface area contributed by atoms with E-state index in [2.05, 4.69) is 56.7 Å². The highest BCUT2D eigenvalue weighted by Crippen LogP contribution is 2.48. The third-order valence-electron chi connectivity index (χ3n) is 6.86. The van der Waals surface area contributed by atoms with Crippen molar-refractivity contribution in [2.24, 2.45) is 5.41 Å². The maximum absolute atomic E-state index is 11.9. The summed E-state index contributed by atoms with van der Waals surface area (Å²) in [6, 6.07) is 19.0. The van der Waals surface area contributed by atoms with Gasteiger partial charge in [-0.2, -0.15) is 0 Å². The second-order valence-electron chi connectivity index (χ2n) is 9.70. The fourth-order valence-corrected chi connectivity index (χ4v) is 5.00. The maximum Gasteiger partial charge on any atom is 0.335 e. The Labute approximate surface area is 224 Å². The van der Waals surface area contributed by atoms with Crippen molar-refractivity contribution in [3.63, 3.8) is 0 Å². The normalized spacial score (nSPS) is 23.9. The number of hydrogen-bond acceptors (Lipinski definition) is 4. The zero-order valence-corrected chi connectivity index (χ0v) is 23.4. The van der Waals surface area contributed by atoms with E-state index in [-0.39, 0.29) is 30.2 Å². The van der Waals surface area contributed by atoms with Crippen molar-refractivity contribution in [3.8, 4) is 0 Å². The second-order valence-corrected chi connectivity index (χ2v) is 9.70. The number of carboxylic acid groups (broad SMARTS) is 1. The van der Waals surface area contributed by atoms with E-state index in [0.29, 0.717) is 11.6 Å². The molecule has 0 amide bonds. The third kappa shape index (κ3) is 8.76. The summed E-state index contributed by atoms with van der Waals surface area (Å²) in [4.78, 5) is 15.2. The number of halogens is 2. The summed E-state index contributed by atoms with van der Waals surface area (Å²) in [5.41, 5.74) is 0.442. The number of benzene rings is 2. The van der Waals surface area contributed by atoms with Gasteiger partial charge in [0.1, 0.15) is 0 Å². The minimum Gasteiger partial charge on any atom is -0.478 e. The summed E-state index contributed by atoms with van der Waals surface area (Å²) in [6.07, 6.45) is 3.11.